The zero-order chi connectivity index (χ0) is 18.0. The Hall–Kier alpha value is -3.22. The number of halogens is 1. The molecule has 1 atom stereocenters. The Bertz CT molecular complexity index is 951. The number of fused-ring (bicyclic) bond motifs is 1. The molecule has 0 fully saturated rings. The lowest BCUT2D eigenvalue weighted by Crippen LogP contribution is -2.22. The number of methoxy groups -OCH3 is 1. The number of H-pyrrole nitrogens is 1. The van der Waals surface area contributed by atoms with Gasteiger partial charge in [0.05, 0.1) is 12.7 Å². The van der Waals surface area contributed by atoms with E-state index in [-0.39, 0.29) is 5.56 Å². The molecule has 2 aromatic heterocycles. The number of ether oxygens (including phenoxy) is 2. The van der Waals surface area contributed by atoms with Gasteiger partial charge in [0.2, 0.25) is 6.10 Å². The van der Waals surface area contributed by atoms with Crippen molar-refractivity contribution in [2.75, 3.05) is 7.11 Å². The Balaban J connectivity index is 1.97. The maximum absolute atomic E-state index is 13.3. The third-order valence-corrected chi connectivity index (χ3v) is 3.83. The van der Waals surface area contributed by atoms with Crippen molar-refractivity contribution in [3.63, 3.8) is 0 Å². The van der Waals surface area contributed by atoms with Crippen molar-refractivity contribution in [3.8, 4) is 0 Å². The van der Waals surface area contributed by atoms with Crippen LogP contribution in [0.2, 0.25) is 0 Å². The average molecular weight is 342 g/mol. The zero-order valence-corrected chi connectivity index (χ0v) is 13.6. The Morgan fingerprint density at radius 1 is 1.24 bits per heavy atom. The number of rotatable bonds is 4. The van der Waals surface area contributed by atoms with Gasteiger partial charge >= 0.3 is 11.9 Å². The van der Waals surface area contributed by atoms with Crippen molar-refractivity contribution in [3.05, 3.63) is 65.2 Å². The summed E-state index contributed by atoms with van der Waals surface area (Å²) in [5.74, 6) is -1.90. The minimum absolute atomic E-state index is 0.264. The smallest absolute Gasteiger partial charge is 0.351 e. The highest BCUT2D eigenvalue weighted by atomic mass is 19.1. The first kappa shape index (κ1) is 16.6. The van der Waals surface area contributed by atoms with Gasteiger partial charge in [0.25, 0.3) is 0 Å². The predicted octanol–water partition coefficient (Wildman–Crippen LogP) is 3.08. The fourth-order valence-corrected chi connectivity index (χ4v) is 2.59. The summed E-state index contributed by atoms with van der Waals surface area (Å²) in [6, 6.07) is 7.05. The van der Waals surface area contributed by atoms with Gasteiger partial charge in [-0.2, -0.15) is 0 Å². The Morgan fingerprint density at radius 3 is 2.76 bits per heavy atom. The van der Waals surface area contributed by atoms with E-state index in [9.17, 15) is 14.0 Å². The van der Waals surface area contributed by atoms with Crippen molar-refractivity contribution in [1.29, 1.82) is 0 Å². The van der Waals surface area contributed by atoms with Gasteiger partial charge in [0.15, 0.2) is 0 Å². The van der Waals surface area contributed by atoms with Gasteiger partial charge in [0, 0.05) is 23.3 Å². The molecule has 0 aliphatic rings. The monoisotopic (exact) mass is 342 g/mol. The fraction of sp³-hybridized carbons (Fsp3) is 0.167. The molecule has 25 heavy (non-hydrogen) atoms. The van der Waals surface area contributed by atoms with E-state index < -0.39 is 23.9 Å². The van der Waals surface area contributed by atoms with Crippen LogP contribution in [0.15, 0.2) is 42.7 Å². The van der Waals surface area contributed by atoms with Gasteiger partial charge in [-0.3, -0.25) is 0 Å². The van der Waals surface area contributed by atoms with Crippen molar-refractivity contribution in [1.82, 2.24) is 9.97 Å². The lowest BCUT2D eigenvalue weighted by molar-refractivity contribution is -0.151. The molecule has 0 bridgehead atoms. The summed E-state index contributed by atoms with van der Waals surface area (Å²) >= 11 is 0. The van der Waals surface area contributed by atoms with E-state index in [0.717, 1.165) is 0 Å². The summed E-state index contributed by atoms with van der Waals surface area (Å²) in [4.78, 5) is 31.7. The average Bonchev–Trinajstić information content (AvgIpc) is 3.08. The Kier molecular flexibility index (Phi) is 4.47. The molecule has 1 aromatic carbocycles. The first-order valence-electron chi connectivity index (χ1n) is 7.48. The minimum Gasteiger partial charge on any atom is -0.466 e. The number of pyridine rings is 1. The van der Waals surface area contributed by atoms with Crippen molar-refractivity contribution >= 4 is 23.0 Å². The molecule has 0 aliphatic heterocycles. The summed E-state index contributed by atoms with van der Waals surface area (Å²) < 4.78 is 23.5. The van der Waals surface area contributed by atoms with E-state index in [1.165, 1.54) is 37.6 Å². The molecule has 0 amide bonds. The molecule has 2 heterocycles. The number of benzene rings is 1. The number of carbonyl (C=O) groups is 2. The van der Waals surface area contributed by atoms with E-state index in [1.54, 1.807) is 19.2 Å². The number of hydrogen-bond donors (Lipinski definition) is 1. The maximum atomic E-state index is 13.3. The maximum Gasteiger partial charge on any atom is 0.351 e. The Labute approximate surface area is 142 Å². The molecule has 0 spiro atoms. The van der Waals surface area contributed by atoms with Crippen LogP contribution in [0.1, 0.15) is 27.6 Å². The van der Waals surface area contributed by atoms with Crippen LogP contribution in [-0.4, -0.2) is 29.0 Å². The van der Waals surface area contributed by atoms with Gasteiger partial charge in [0.1, 0.15) is 11.5 Å². The number of hydrogen-bond acceptors (Lipinski definition) is 5. The standard InChI is InChI=1S/C18H15FN2O4/c1-10-9-11(19)3-4-12(10)15(18(23)24-2)25-17(22)14-6-8-21-16-13(14)5-7-20-16/h3-9,15H,1-2H3,(H,20,21). The summed E-state index contributed by atoms with van der Waals surface area (Å²) in [7, 11) is 1.19. The van der Waals surface area contributed by atoms with Crippen LogP contribution in [-0.2, 0) is 14.3 Å². The lowest BCUT2D eigenvalue weighted by atomic mass is 10.0. The number of aromatic amines is 1. The largest absolute Gasteiger partial charge is 0.466 e. The van der Waals surface area contributed by atoms with Crippen molar-refractivity contribution in [2.24, 2.45) is 0 Å². The van der Waals surface area contributed by atoms with Crippen molar-refractivity contribution < 1.29 is 23.5 Å². The van der Waals surface area contributed by atoms with E-state index >= 15 is 0 Å². The van der Waals surface area contributed by atoms with Crippen LogP contribution in [0.3, 0.4) is 0 Å². The minimum atomic E-state index is -1.29. The molecule has 0 aliphatic carbocycles. The van der Waals surface area contributed by atoms with Gasteiger partial charge in [-0.05, 0) is 36.8 Å². The van der Waals surface area contributed by atoms with Crippen LogP contribution in [0.25, 0.3) is 11.0 Å². The molecule has 3 aromatic rings. The first-order chi connectivity index (χ1) is 12.0. The molecule has 128 valence electrons. The summed E-state index contributed by atoms with van der Waals surface area (Å²) in [5, 5.41) is 0.576. The van der Waals surface area contributed by atoms with Crippen LogP contribution in [0.4, 0.5) is 4.39 Å². The second-order valence-corrected chi connectivity index (χ2v) is 5.41. The number of carbonyl (C=O) groups excluding carboxylic acids is 2. The van der Waals surface area contributed by atoms with E-state index in [1.807, 2.05) is 0 Å². The quantitative estimate of drug-likeness (QED) is 0.737. The van der Waals surface area contributed by atoms with E-state index in [0.29, 0.717) is 22.2 Å². The van der Waals surface area contributed by atoms with Gasteiger partial charge in [-0.1, -0.05) is 6.07 Å². The highest BCUT2D eigenvalue weighted by molar-refractivity contribution is 6.03. The number of aromatic nitrogens is 2. The molecule has 0 radical (unpaired) electrons. The Morgan fingerprint density at radius 2 is 2.04 bits per heavy atom. The van der Waals surface area contributed by atoms with Crippen LogP contribution in [0, 0.1) is 12.7 Å². The summed E-state index contributed by atoms with van der Waals surface area (Å²) in [5.41, 5.74) is 1.63. The van der Waals surface area contributed by atoms with Crippen LogP contribution in [0.5, 0.6) is 0 Å². The normalized spacial score (nSPS) is 12.0. The third kappa shape index (κ3) is 3.21. The second kappa shape index (κ2) is 6.72. The summed E-state index contributed by atoms with van der Waals surface area (Å²) in [6.07, 6.45) is 1.82. The molecule has 7 heteroatoms. The van der Waals surface area contributed by atoms with Gasteiger partial charge < -0.3 is 14.5 Å². The molecular formula is C18H15FN2O4. The predicted molar refractivity (Wildman–Crippen MR) is 87.4 cm³/mol. The molecule has 0 saturated carbocycles. The van der Waals surface area contributed by atoms with Crippen LogP contribution < -0.4 is 0 Å². The molecule has 3 rings (SSSR count). The SMILES string of the molecule is COC(=O)C(OC(=O)c1ccnc2[nH]ccc12)c1ccc(F)cc1C. The molecule has 0 saturated heterocycles. The number of nitrogens with zero attached hydrogens (tertiary/aromatic N) is 1. The topological polar surface area (TPSA) is 81.3 Å². The number of aryl methyl sites for hydroxylation is 1. The number of esters is 2. The second-order valence-electron chi connectivity index (χ2n) is 5.41. The highest BCUT2D eigenvalue weighted by Crippen LogP contribution is 2.26. The van der Waals surface area contributed by atoms with E-state index in [2.05, 4.69) is 9.97 Å². The molecular weight excluding hydrogens is 327 g/mol. The third-order valence-electron chi connectivity index (χ3n) is 3.83. The van der Waals surface area contributed by atoms with Crippen LogP contribution >= 0.6 is 0 Å². The van der Waals surface area contributed by atoms with Gasteiger partial charge in [-0.25, -0.2) is 19.0 Å². The molecule has 1 unspecified atom stereocenters. The van der Waals surface area contributed by atoms with E-state index in [4.69, 9.17) is 9.47 Å². The summed E-state index contributed by atoms with van der Waals surface area (Å²) in [6.45, 7) is 1.62. The zero-order valence-electron chi connectivity index (χ0n) is 13.6. The van der Waals surface area contributed by atoms with Crippen molar-refractivity contribution in [2.45, 2.75) is 13.0 Å². The molecule has 6 nitrogen and oxygen atoms in total. The van der Waals surface area contributed by atoms with Gasteiger partial charge in [-0.15, -0.1) is 0 Å². The fourth-order valence-electron chi connectivity index (χ4n) is 2.59. The molecule has 1 N–H and O–H groups in total. The number of nitrogens with one attached hydrogen (secondary N) is 1. The first-order valence-corrected chi connectivity index (χ1v) is 7.48. The lowest BCUT2D eigenvalue weighted by Gasteiger charge is -2.18. The highest BCUT2D eigenvalue weighted by Gasteiger charge is 2.28.